The Balaban J connectivity index is 2.15. The molecule has 1 aliphatic heterocycles. The monoisotopic (exact) mass is 233 g/mol. The summed E-state index contributed by atoms with van der Waals surface area (Å²) in [5.41, 5.74) is 1.35. The largest absolute Gasteiger partial charge is 0.314 e. The molecule has 0 aliphatic carbocycles. The molecule has 4 heteroatoms. The van der Waals surface area contributed by atoms with Gasteiger partial charge in [-0.1, -0.05) is 6.92 Å². The second kappa shape index (κ2) is 5.26. The number of benzene rings is 1. The fourth-order valence-electron chi connectivity index (χ4n) is 2.05. The maximum Gasteiger partial charge on any atom is 0.123 e. The third kappa shape index (κ3) is 2.63. The molecule has 2 rings (SSSR count). The second-order valence-electron chi connectivity index (χ2n) is 4.29. The van der Waals surface area contributed by atoms with Crippen LogP contribution >= 0.6 is 0 Å². The molecule has 0 aromatic heterocycles. The van der Waals surface area contributed by atoms with Crippen LogP contribution < -0.4 is 5.32 Å². The molecule has 0 bridgehead atoms. The van der Waals surface area contributed by atoms with E-state index in [-0.39, 0.29) is 5.82 Å². The normalized spacial score (nSPS) is 15.6. The summed E-state index contributed by atoms with van der Waals surface area (Å²) in [6.07, 6.45) is 0. The Morgan fingerprint density at radius 2 is 2.29 bits per heavy atom. The van der Waals surface area contributed by atoms with Crippen LogP contribution in [0.2, 0.25) is 0 Å². The molecule has 1 aliphatic rings. The number of rotatable bonds is 4. The molecule has 0 spiro atoms. The highest BCUT2D eigenvalue weighted by atomic mass is 19.1. The van der Waals surface area contributed by atoms with Gasteiger partial charge in [-0.25, -0.2) is 4.39 Å². The van der Waals surface area contributed by atoms with Crippen LogP contribution in [0.1, 0.15) is 18.1 Å². The van der Waals surface area contributed by atoms with E-state index < -0.39 is 0 Å². The van der Waals surface area contributed by atoms with E-state index >= 15 is 0 Å². The first-order valence-electron chi connectivity index (χ1n) is 5.88. The van der Waals surface area contributed by atoms with Gasteiger partial charge in [-0.2, -0.15) is 5.26 Å². The molecule has 3 nitrogen and oxygen atoms in total. The molecule has 1 N–H and O–H groups in total. The van der Waals surface area contributed by atoms with Gasteiger partial charge in [-0.3, -0.25) is 4.90 Å². The third-order valence-electron chi connectivity index (χ3n) is 3.24. The molecule has 0 atom stereocenters. The summed E-state index contributed by atoms with van der Waals surface area (Å²) in [6, 6.07) is 6.98. The highest BCUT2D eigenvalue weighted by Crippen LogP contribution is 2.16. The molecule has 1 aromatic rings. The lowest BCUT2D eigenvalue weighted by atomic mass is 10.1. The molecule has 90 valence electrons. The number of halogens is 1. The van der Waals surface area contributed by atoms with Crippen LogP contribution in [-0.4, -0.2) is 30.6 Å². The van der Waals surface area contributed by atoms with Gasteiger partial charge in [0.25, 0.3) is 0 Å². The third-order valence-corrected chi connectivity index (χ3v) is 3.24. The van der Waals surface area contributed by atoms with Gasteiger partial charge in [-0.15, -0.1) is 0 Å². The minimum atomic E-state index is -0.276. The maximum absolute atomic E-state index is 13.2. The lowest BCUT2D eigenvalue weighted by Gasteiger charge is -2.37. The van der Waals surface area contributed by atoms with Crippen LogP contribution in [0.5, 0.6) is 0 Å². The van der Waals surface area contributed by atoms with E-state index in [0.29, 0.717) is 18.2 Å². The fourth-order valence-corrected chi connectivity index (χ4v) is 2.05. The van der Waals surface area contributed by atoms with Crippen molar-refractivity contribution < 1.29 is 4.39 Å². The van der Waals surface area contributed by atoms with Gasteiger partial charge in [-0.05, 0) is 30.3 Å². The number of nitrogens with zero attached hydrogens (tertiary/aromatic N) is 2. The van der Waals surface area contributed by atoms with Gasteiger partial charge in [0, 0.05) is 25.7 Å². The van der Waals surface area contributed by atoms with Crippen molar-refractivity contribution in [1.82, 2.24) is 10.2 Å². The fraction of sp³-hybridized carbons (Fsp3) is 0.462. The smallest absolute Gasteiger partial charge is 0.123 e. The summed E-state index contributed by atoms with van der Waals surface area (Å²) in [4.78, 5) is 2.27. The zero-order valence-electron chi connectivity index (χ0n) is 9.91. The molecular formula is C13H16FN3. The highest BCUT2D eigenvalue weighted by Gasteiger charge is 2.23. The summed E-state index contributed by atoms with van der Waals surface area (Å²) in [5, 5.41) is 12.2. The quantitative estimate of drug-likeness (QED) is 0.856. The van der Waals surface area contributed by atoms with Crippen molar-refractivity contribution in [3.8, 4) is 6.07 Å². The number of likely N-dealkylation sites (N-methyl/N-ethyl adjacent to an activating group) is 1. The van der Waals surface area contributed by atoms with Crippen molar-refractivity contribution in [2.75, 3.05) is 19.6 Å². The van der Waals surface area contributed by atoms with Gasteiger partial charge in [0.15, 0.2) is 0 Å². The average Bonchev–Trinajstić information content (AvgIpc) is 2.26. The van der Waals surface area contributed by atoms with Crippen LogP contribution in [0.3, 0.4) is 0 Å². The molecule has 17 heavy (non-hydrogen) atoms. The van der Waals surface area contributed by atoms with E-state index in [9.17, 15) is 4.39 Å². The average molecular weight is 233 g/mol. The standard InChI is InChI=1S/C13H16FN3/c1-2-17(13-7-16-8-13)9-11-5-12(14)4-3-10(11)6-15/h3-5,13,16H,2,7-9H2,1H3. The molecule has 0 amide bonds. The Bertz CT molecular complexity index is 435. The van der Waals surface area contributed by atoms with Crippen molar-refractivity contribution in [3.05, 3.63) is 35.1 Å². The minimum absolute atomic E-state index is 0.276. The SMILES string of the molecule is CCN(Cc1cc(F)ccc1C#N)C1CNC1. The lowest BCUT2D eigenvalue weighted by Crippen LogP contribution is -2.56. The Morgan fingerprint density at radius 3 is 2.82 bits per heavy atom. The Labute approximate surface area is 101 Å². The number of nitriles is 1. The Morgan fingerprint density at radius 1 is 1.53 bits per heavy atom. The molecule has 0 saturated carbocycles. The van der Waals surface area contributed by atoms with Crippen LogP contribution in [0, 0.1) is 17.1 Å². The zero-order chi connectivity index (χ0) is 12.3. The lowest BCUT2D eigenvalue weighted by molar-refractivity contribution is 0.145. The predicted molar refractivity (Wildman–Crippen MR) is 63.9 cm³/mol. The first-order valence-corrected chi connectivity index (χ1v) is 5.88. The van der Waals surface area contributed by atoms with Gasteiger partial charge >= 0.3 is 0 Å². The van der Waals surface area contributed by atoms with Gasteiger partial charge in [0.1, 0.15) is 5.82 Å². The maximum atomic E-state index is 13.2. The van der Waals surface area contributed by atoms with Crippen LogP contribution in [0.25, 0.3) is 0 Å². The van der Waals surface area contributed by atoms with Crippen molar-refractivity contribution in [2.24, 2.45) is 0 Å². The molecular weight excluding hydrogens is 217 g/mol. The van der Waals surface area contributed by atoms with E-state index in [1.165, 1.54) is 12.1 Å². The molecule has 0 unspecified atom stereocenters. The molecule has 0 radical (unpaired) electrons. The number of nitrogens with one attached hydrogen (secondary N) is 1. The van der Waals surface area contributed by atoms with Gasteiger partial charge < -0.3 is 5.32 Å². The van der Waals surface area contributed by atoms with E-state index in [1.807, 2.05) is 0 Å². The first kappa shape index (κ1) is 12.0. The topological polar surface area (TPSA) is 39.1 Å². The first-order chi connectivity index (χ1) is 8.24. The minimum Gasteiger partial charge on any atom is -0.314 e. The van der Waals surface area contributed by atoms with E-state index in [2.05, 4.69) is 23.2 Å². The Kier molecular flexibility index (Phi) is 3.72. The van der Waals surface area contributed by atoms with E-state index in [0.717, 1.165) is 25.2 Å². The summed E-state index contributed by atoms with van der Waals surface area (Å²) >= 11 is 0. The van der Waals surface area contributed by atoms with Gasteiger partial charge in [0.05, 0.1) is 11.6 Å². The van der Waals surface area contributed by atoms with Crippen molar-refractivity contribution in [2.45, 2.75) is 19.5 Å². The molecule has 1 heterocycles. The highest BCUT2D eigenvalue weighted by molar-refractivity contribution is 5.37. The van der Waals surface area contributed by atoms with E-state index in [1.54, 1.807) is 6.07 Å². The van der Waals surface area contributed by atoms with Crippen molar-refractivity contribution in [3.63, 3.8) is 0 Å². The van der Waals surface area contributed by atoms with Crippen LogP contribution in [0.15, 0.2) is 18.2 Å². The summed E-state index contributed by atoms with van der Waals surface area (Å²) in [6.45, 7) is 5.59. The molecule has 1 aromatic carbocycles. The summed E-state index contributed by atoms with van der Waals surface area (Å²) in [7, 11) is 0. The zero-order valence-corrected chi connectivity index (χ0v) is 9.91. The molecule has 1 saturated heterocycles. The van der Waals surface area contributed by atoms with Crippen molar-refractivity contribution >= 4 is 0 Å². The van der Waals surface area contributed by atoms with Gasteiger partial charge in [0.2, 0.25) is 0 Å². The number of hydrogen-bond acceptors (Lipinski definition) is 3. The van der Waals surface area contributed by atoms with Crippen LogP contribution in [0.4, 0.5) is 4.39 Å². The van der Waals surface area contributed by atoms with Crippen molar-refractivity contribution in [1.29, 1.82) is 5.26 Å². The second-order valence-corrected chi connectivity index (χ2v) is 4.29. The van der Waals surface area contributed by atoms with E-state index in [4.69, 9.17) is 5.26 Å². The molecule has 1 fully saturated rings. The Hall–Kier alpha value is -1.44. The summed E-state index contributed by atoms with van der Waals surface area (Å²) in [5.74, 6) is -0.276. The summed E-state index contributed by atoms with van der Waals surface area (Å²) < 4.78 is 13.2. The number of hydrogen-bond donors (Lipinski definition) is 1. The van der Waals surface area contributed by atoms with Crippen LogP contribution in [-0.2, 0) is 6.54 Å². The predicted octanol–water partition coefficient (Wildman–Crippen LogP) is 1.49.